The van der Waals surface area contributed by atoms with E-state index >= 15 is 0 Å². The van der Waals surface area contributed by atoms with Crippen LogP contribution in [0.3, 0.4) is 0 Å². The molecule has 3 nitrogen and oxygen atoms in total. The Balaban J connectivity index is 2.29. The molecule has 0 aliphatic heterocycles. The number of aromatic amines is 1. The van der Waals surface area contributed by atoms with Crippen LogP contribution in [0.25, 0.3) is 22.0 Å². The molecule has 96 valence electrons. The van der Waals surface area contributed by atoms with Crippen molar-refractivity contribution in [3.63, 3.8) is 0 Å². The number of benzene rings is 2. The van der Waals surface area contributed by atoms with E-state index in [1.54, 1.807) is 25.3 Å². The van der Waals surface area contributed by atoms with E-state index in [-0.39, 0.29) is 5.43 Å². The van der Waals surface area contributed by atoms with Crippen molar-refractivity contribution >= 4 is 10.9 Å². The summed E-state index contributed by atoms with van der Waals surface area (Å²) in [5.41, 5.74) is 4.15. The van der Waals surface area contributed by atoms with Crippen molar-refractivity contribution in [2.75, 3.05) is 0 Å². The molecule has 20 heavy (non-hydrogen) atoms. The van der Waals surface area contributed by atoms with E-state index in [0.29, 0.717) is 16.5 Å². The summed E-state index contributed by atoms with van der Waals surface area (Å²) in [5, 5.41) is 9.53. The minimum Gasteiger partial charge on any atom is -0.360 e. The van der Waals surface area contributed by atoms with Crippen LogP contribution >= 0.6 is 0 Å². The zero-order valence-corrected chi connectivity index (χ0v) is 11.0. The number of para-hydroxylation sites is 1. The summed E-state index contributed by atoms with van der Waals surface area (Å²) in [5.74, 6) is 0. The molecule has 2 aromatic carbocycles. The Kier molecular flexibility index (Phi) is 2.85. The number of nitrogens with zero attached hydrogens (tertiary/aromatic N) is 1. The van der Waals surface area contributed by atoms with E-state index in [0.717, 1.165) is 16.6 Å². The highest BCUT2D eigenvalue weighted by molar-refractivity contribution is 5.93. The third-order valence-electron chi connectivity index (χ3n) is 3.43. The molecule has 3 heteroatoms. The van der Waals surface area contributed by atoms with Gasteiger partial charge in [0.1, 0.15) is 0 Å². The van der Waals surface area contributed by atoms with Crippen molar-refractivity contribution in [2.24, 2.45) is 0 Å². The lowest BCUT2D eigenvalue weighted by Crippen LogP contribution is -2.06. The van der Waals surface area contributed by atoms with E-state index < -0.39 is 0 Å². The van der Waals surface area contributed by atoms with Gasteiger partial charge in [0.2, 0.25) is 0 Å². The lowest BCUT2D eigenvalue weighted by molar-refractivity contribution is 1.30. The Labute approximate surface area is 116 Å². The molecule has 1 heterocycles. The predicted molar refractivity (Wildman–Crippen MR) is 79.5 cm³/mol. The molecule has 0 aliphatic rings. The number of nitrogens with one attached hydrogen (secondary N) is 1. The highest BCUT2D eigenvalue weighted by Gasteiger charge is 2.07. The van der Waals surface area contributed by atoms with Crippen LogP contribution in [0.4, 0.5) is 0 Å². The number of aryl methyl sites for hydroxylation is 1. The summed E-state index contributed by atoms with van der Waals surface area (Å²) in [7, 11) is 0. The van der Waals surface area contributed by atoms with Gasteiger partial charge in [-0.15, -0.1) is 0 Å². The van der Waals surface area contributed by atoms with E-state index in [1.165, 1.54) is 0 Å². The molecule has 0 spiro atoms. The molecular formula is C17H12N2O. The SMILES string of the molecule is Cc1c[nH]c2c(-c3ccc(C#N)cc3)cccc2c1=O. The first kappa shape index (κ1) is 12.2. The first-order valence-electron chi connectivity index (χ1n) is 6.32. The summed E-state index contributed by atoms with van der Waals surface area (Å²) in [6.45, 7) is 1.80. The Morgan fingerprint density at radius 3 is 2.55 bits per heavy atom. The molecule has 0 atom stereocenters. The molecule has 0 unspecified atom stereocenters. The second-order valence-electron chi connectivity index (χ2n) is 4.72. The van der Waals surface area contributed by atoms with E-state index in [1.807, 2.05) is 30.3 Å². The summed E-state index contributed by atoms with van der Waals surface area (Å²) in [4.78, 5) is 15.3. The number of hydrogen-bond donors (Lipinski definition) is 1. The van der Waals surface area contributed by atoms with Crippen molar-refractivity contribution in [1.82, 2.24) is 4.98 Å². The van der Waals surface area contributed by atoms with Crippen LogP contribution < -0.4 is 5.43 Å². The average molecular weight is 260 g/mol. The van der Waals surface area contributed by atoms with Gasteiger partial charge in [0.15, 0.2) is 5.43 Å². The van der Waals surface area contributed by atoms with Gasteiger partial charge in [0, 0.05) is 22.7 Å². The maximum atomic E-state index is 12.1. The van der Waals surface area contributed by atoms with Crippen molar-refractivity contribution < 1.29 is 0 Å². The Morgan fingerprint density at radius 1 is 1.10 bits per heavy atom. The molecule has 3 aromatic rings. The molecule has 3 rings (SSSR count). The molecule has 1 aromatic heterocycles. The van der Waals surface area contributed by atoms with Crippen molar-refractivity contribution in [1.29, 1.82) is 5.26 Å². The van der Waals surface area contributed by atoms with Crippen LogP contribution in [0.2, 0.25) is 0 Å². The van der Waals surface area contributed by atoms with Gasteiger partial charge < -0.3 is 4.98 Å². The van der Waals surface area contributed by atoms with Crippen LogP contribution in [0.1, 0.15) is 11.1 Å². The number of hydrogen-bond acceptors (Lipinski definition) is 2. The van der Waals surface area contributed by atoms with E-state index in [2.05, 4.69) is 11.1 Å². The van der Waals surface area contributed by atoms with Gasteiger partial charge in [-0.05, 0) is 30.7 Å². The van der Waals surface area contributed by atoms with Crippen molar-refractivity contribution in [2.45, 2.75) is 6.92 Å². The summed E-state index contributed by atoms with van der Waals surface area (Å²) >= 11 is 0. The molecule has 0 saturated heterocycles. The van der Waals surface area contributed by atoms with Crippen LogP contribution in [-0.2, 0) is 0 Å². The third kappa shape index (κ3) is 1.88. The van der Waals surface area contributed by atoms with Gasteiger partial charge >= 0.3 is 0 Å². The smallest absolute Gasteiger partial charge is 0.192 e. The molecule has 0 fully saturated rings. The molecule has 0 radical (unpaired) electrons. The standard InChI is InChI=1S/C17H12N2O/c1-11-10-19-16-14(3-2-4-15(16)17(11)20)13-7-5-12(9-18)6-8-13/h2-8,10H,1H3,(H,19,20). The second-order valence-corrected chi connectivity index (χ2v) is 4.72. The Hall–Kier alpha value is -2.86. The first-order chi connectivity index (χ1) is 9.70. The van der Waals surface area contributed by atoms with Crippen LogP contribution in [0.5, 0.6) is 0 Å². The maximum absolute atomic E-state index is 12.1. The lowest BCUT2D eigenvalue weighted by Gasteiger charge is -2.07. The normalized spacial score (nSPS) is 10.4. The zero-order valence-electron chi connectivity index (χ0n) is 11.0. The average Bonchev–Trinajstić information content (AvgIpc) is 2.51. The van der Waals surface area contributed by atoms with Gasteiger partial charge in [0.25, 0.3) is 0 Å². The number of fused-ring (bicyclic) bond motifs is 1. The molecule has 0 amide bonds. The number of nitriles is 1. The third-order valence-corrected chi connectivity index (χ3v) is 3.43. The minimum atomic E-state index is 0.0502. The number of aromatic nitrogens is 1. The lowest BCUT2D eigenvalue weighted by atomic mass is 10.0. The van der Waals surface area contributed by atoms with E-state index in [9.17, 15) is 4.79 Å². The van der Waals surface area contributed by atoms with Gasteiger partial charge in [-0.25, -0.2) is 0 Å². The predicted octanol–water partition coefficient (Wildman–Crippen LogP) is 3.38. The van der Waals surface area contributed by atoms with Gasteiger partial charge in [-0.3, -0.25) is 4.79 Å². The molecule has 0 bridgehead atoms. The number of H-pyrrole nitrogens is 1. The van der Waals surface area contributed by atoms with Crippen LogP contribution in [0, 0.1) is 18.3 Å². The Morgan fingerprint density at radius 2 is 1.85 bits per heavy atom. The van der Waals surface area contributed by atoms with Crippen molar-refractivity contribution in [3.05, 3.63) is 70.0 Å². The highest BCUT2D eigenvalue weighted by Crippen LogP contribution is 2.26. The van der Waals surface area contributed by atoms with Crippen LogP contribution in [-0.4, -0.2) is 4.98 Å². The quantitative estimate of drug-likeness (QED) is 0.729. The van der Waals surface area contributed by atoms with Gasteiger partial charge in [-0.1, -0.05) is 24.3 Å². The molecule has 0 aliphatic carbocycles. The largest absolute Gasteiger partial charge is 0.360 e. The fourth-order valence-corrected chi connectivity index (χ4v) is 2.32. The minimum absolute atomic E-state index is 0.0502. The van der Waals surface area contributed by atoms with Crippen molar-refractivity contribution in [3.8, 4) is 17.2 Å². The summed E-state index contributed by atoms with van der Waals surface area (Å²) in [6, 6.07) is 15.1. The monoisotopic (exact) mass is 260 g/mol. The summed E-state index contributed by atoms with van der Waals surface area (Å²) in [6.07, 6.45) is 1.73. The topological polar surface area (TPSA) is 56.6 Å². The Bertz CT molecular complexity index is 883. The number of rotatable bonds is 1. The second kappa shape index (κ2) is 4.67. The molecule has 1 N–H and O–H groups in total. The summed E-state index contributed by atoms with van der Waals surface area (Å²) < 4.78 is 0. The van der Waals surface area contributed by atoms with E-state index in [4.69, 9.17) is 5.26 Å². The number of pyridine rings is 1. The maximum Gasteiger partial charge on any atom is 0.192 e. The fourth-order valence-electron chi connectivity index (χ4n) is 2.32. The van der Waals surface area contributed by atoms with Gasteiger partial charge in [-0.2, -0.15) is 5.26 Å². The highest BCUT2D eigenvalue weighted by atomic mass is 16.1. The fraction of sp³-hybridized carbons (Fsp3) is 0.0588. The van der Waals surface area contributed by atoms with Crippen LogP contribution in [0.15, 0.2) is 53.5 Å². The zero-order chi connectivity index (χ0) is 14.1. The molecular weight excluding hydrogens is 248 g/mol. The first-order valence-corrected chi connectivity index (χ1v) is 6.32. The molecule has 0 saturated carbocycles. The van der Waals surface area contributed by atoms with Gasteiger partial charge in [0.05, 0.1) is 17.1 Å².